The number of thiophene rings is 1. The lowest BCUT2D eigenvalue weighted by atomic mass is 10.1. The molecule has 0 bridgehead atoms. The number of nitrogens with one attached hydrogen (secondary N) is 3. The minimum absolute atomic E-state index is 0.203. The summed E-state index contributed by atoms with van der Waals surface area (Å²) < 4.78 is 0. The molecule has 1 amide bonds. The van der Waals surface area contributed by atoms with Gasteiger partial charge in [0.05, 0.1) is 26.9 Å². The minimum atomic E-state index is -0.203. The number of carbonyl (C=O) groups is 1. The van der Waals surface area contributed by atoms with Gasteiger partial charge in [-0.2, -0.15) is 0 Å². The Morgan fingerprint density at radius 1 is 1.09 bits per heavy atom. The Morgan fingerprint density at radius 2 is 1.88 bits per heavy atom. The van der Waals surface area contributed by atoms with E-state index >= 15 is 0 Å². The van der Waals surface area contributed by atoms with Crippen LogP contribution < -0.4 is 21.7 Å². The van der Waals surface area contributed by atoms with Crippen LogP contribution >= 0.6 is 11.3 Å². The number of carbonyl (C=O) groups excluding carboxylic acids is 1. The SMILES string of the molecule is CNc1cc(C)c(-c2ccnc(NCc3ccc(C(=O)Nc4ccccc4N)cc3)n2)s1. The Kier molecular flexibility index (Phi) is 6.32. The van der Waals surface area contributed by atoms with Crippen LogP contribution in [0.4, 0.5) is 22.3 Å². The zero-order valence-corrected chi connectivity index (χ0v) is 18.7. The summed E-state index contributed by atoms with van der Waals surface area (Å²) in [6.07, 6.45) is 1.76. The van der Waals surface area contributed by atoms with Crippen molar-refractivity contribution in [2.24, 2.45) is 0 Å². The van der Waals surface area contributed by atoms with Crippen LogP contribution in [0.25, 0.3) is 10.6 Å². The highest BCUT2D eigenvalue weighted by Crippen LogP contribution is 2.34. The number of nitrogen functional groups attached to an aromatic ring is 1. The lowest BCUT2D eigenvalue weighted by molar-refractivity contribution is 0.102. The van der Waals surface area contributed by atoms with Crippen molar-refractivity contribution in [3.8, 4) is 10.6 Å². The van der Waals surface area contributed by atoms with Gasteiger partial charge in [-0.25, -0.2) is 9.97 Å². The fourth-order valence-electron chi connectivity index (χ4n) is 3.19. The molecule has 0 saturated carbocycles. The monoisotopic (exact) mass is 444 g/mol. The first kappa shape index (κ1) is 21.3. The molecule has 4 aromatic rings. The Bertz CT molecular complexity index is 1240. The number of nitrogens with zero attached hydrogens (tertiary/aromatic N) is 2. The normalized spacial score (nSPS) is 10.6. The van der Waals surface area contributed by atoms with Crippen molar-refractivity contribution in [2.45, 2.75) is 13.5 Å². The summed E-state index contributed by atoms with van der Waals surface area (Å²) in [6, 6.07) is 18.6. The summed E-state index contributed by atoms with van der Waals surface area (Å²) in [5.74, 6) is 0.355. The molecule has 2 heterocycles. The molecule has 0 fully saturated rings. The van der Waals surface area contributed by atoms with Gasteiger partial charge in [0.15, 0.2) is 0 Å². The van der Waals surface area contributed by atoms with Crippen molar-refractivity contribution in [3.63, 3.8) is 0 Å². The molecule has 0 radical (unpaired) electrons. The molecular formula is C24H24N6OS. The molecule has 0 atom stereocenters. The van der Waals surface area contributed by atoms with Crippen LogP contribution in [-0.2, 0) is 6.54 Å². The molecule has 2 aromatic heterocycles. The van der Waals surface area contributed by atoms with E-state index in [1.165, 1.54) is 5.56 Å². The molecule has 32 heavy (non-hydrogen) atoms. The van der Waals surface area contributed by atoms with Gasteiger partial charge in [0, 0.05) is 25.4 Å². The quantitative estimate of drug-likeness (QED) is 0.299. The molecule has 0 aliphatic carbocycles. The van der Waals surface area contributed by atoms with Gasteiger partial charge in [0.25, 0.3) is 5.91 Å². The molecule has 7 nitrogen and oxygen atoms in total. The van der Waals surface area contributed by atoms with Gasteiger partial charge in [-0.15, -0.1) is 11.3 Å². The first-order chi connectivity index (χ1) is 15.5. The van der Waals surface area contributed by atoms with Crippen LogP contribution in [0.15, 0.2) is 66.9 Å². The fourth-order valence-corrected chi connectivity index (χ4v) is 4.19. The molecule has 0 spiro atoms. The van der Waals surface area contributed by atoms with E-state index in [0.29, 0.717) is 29.4 Å². The number of benzene rings is 2. The number of anilines is 4. The van der Waals surface area contributed by atoms with Crippen LogP contribution in [0, 0.1) is 6.92 Å². The van der Waals surface area contributed by atoms with Gasteiger partial charge in [0.1, 0.15) is 0 Å². The van der Waals surface area contributed by atoms with Crippen molar-refractivity contribution < 1.29 is 4.79 Å². The molecule has 2 aromatic carbocycles. The Hall–Kier alpha value is -3.91. The minimum Gasteiger partial charge on any atom is -0.397 e. The highest BCUT2D eigenvalue weighted by molar-refractivity contribution is 7.19. The van der Waals surface area contributed by atoms with E-state index in [0.717, 1.165) is 21.1 Å². The van der Waals surface area contributed by atoms with Crippen molar-refractivity contribution >= 4 is 39.6 Å². The van der Waals surface area contributed by atoms with Gasteiger partial charge >= 0.3 is 0 Å². The number of amides is 1. The zero-order chi connectivity index (χ0) is 22.5. The standard InChI is InChI=1S/C24H24N6OS/c1-15-13-21(26-2)32-22(15)20-11-12-27-24(30-20)28-14-16-7-9-17(10-8-16)23(31)29-19-6-4-3-5-18(19)25/h3-13,26H,14,25H2,1-2H3,(H,29,31)(H,27,28,30). The maximum absolute atomic E-state index is 12.5. The summed E-state index contributed by atoms with van der Waals surface area (Å²) in [5.41, 5.74) is 10.7. The maximum Gasteiger partial charge on any atom is 0.255 e. The molecular weight excluding hydrogens is 420 g/mol. The number of hydrogen-bond acceptors (Lipinski definition) is 7. The van der Waals surface area contributed by atoms with E-state index in [4.69, 9.17) is 5.73 Å². The number of rotatable bonds is 7. The summed E-state index contributed by atoms with van der Waals surface area (Å²) in [6.45, 7) is 2.62. The number of aromatic nitrogens is 2. The summed E-state index contributed by atoms with van der Waals surface area (Å²) in [4.78, 5) is 22.6. The lowest BCUT2D eigenvalue weighted by Gasteiger charge is -2.09. The Morgan fingerprint density at radius 3 is 2.59 bits per heavy atom. The van der Waals surface area contributed by atoms with Crippen LogP contribution in [-0.4, -0.2) is 22.9 Å². The second-order valence-electron chi connectivity index (χ2n) is 7.23. The highest BCUT2D eigenvalue weighted by Gasteiger charge is 2.11. The van der Waals surface area contributed by atoms with Crippen molar-refractivity contribution in [1.82, 2.24) is 9.97 Å². The number of hydrogen-bond donors (Lipinski definition) is 4. The van der Waals surface area contributed by atoms with Gasteiger partial charge in [-0.05, 0) is 54.4 Å². The largest absolute Gasteiger partial charge is 0.397 e. The van der Waals surface area contributed by atoms with Crippen LogP contribution in [0.2, 0.25) is 0 Å². The number of para-hydroxylation sites is 2. The van der Waals surface area contributed by atoms with Gasteiger partial charge in [-0.3, -0.25) is 4.79 Å². The zero-order valence-electron chi connectivity index (χ0n) is 17.8. The molecule has 0 saturated heterocycles. The predicted molar refractivity (Wildman–Crippen MR) is 132 cm³/mol. The summed E-state index contributed by atoms with van der Waals surface area (Å²) in [7, 11) is 1.91. The topological polar surface area (TPSA) is 105 Å². The van der Waals surface area contributed by atoms with E-state index in [2.05, 4.69) is 38.9 Å². The summed E-state index contributed by atoms with van der Waals surface area (Å²) in [5, 5.41) is 10.4. The van der Waals surface area contributed by atoms with Gasteiger partial charge in [0.2, 0.25) is 5.95 Å². The molecule has 0 aliphatic rings. The van der Waals surface area contributed by atoms with Crippen LogP contribution in [0.5, 0.6) is 0 Å². The van der Waals surface area contributed by atoms with E-state index in [-0.39, 0.29) is 5.91 Å². The number of aryl methyl sites for hydroxylation is 1. The van der Waals surface area contributed by atoms with Crippen molar-refractivity contribution in [1.29, 1.82) is 0 Å². The first-order valence-electron chi connectivity index (χ1n) is 10.1. The average molecular weight is 445 g/mol. The molecule has 4 rings (SSSR count). The molecule has 8 heteroatoms. The third-order valence-electron chi connectivity index (χ3n) is 4.93. The molecule has 0 aliphatic heterocycles. The second kappa shape index (κ2) is 9.49. The fraction of sp³-hybridized carbons (Fsp3) is 0.125. The second-order valence-corrected chi connectivity index (χ2v) is 8.28. The molecule has 162 valence electrons. The van der Waals surface area contributed by atoms with Crippen LogP contribution in [0.1, 0.15) is 21.5 Å². The van der Waals surface area contributed by atoms with Crippen LogP contribution in [0.3, 0.4) is 0 Å². The van der Waals surface area contributed by atoms with Crippen molar-refractivity contribution in [3.05, 3.63) is 83.6 Å². The highest BCUT2D eigenvalue weighted by atomic mass is 32.1. The number of nitrogens with two attached hydrogens (primary N) is 1. The smallest absolute Gasteiger partial charge is 0.255 e. The van der Waals surface area contributed by atoms with Gasteiger partial charge < -0.3 is 21.7 Å². The third kappa shape index (κ3) is 4.87. The predicted octanol–water partition coefficient (Wildman–Crippen LogP) is 5.00. The van der Waals surface area contributed by atoms with E-state index in [9.17, 15) is 4.79 Å². The molecule has 0 unspecified atom stereocenters. The lowest BCUT2D eigenvalue weighted by Crippen LogP contribution is -2.13. The van der Waals surface area contributed by atoms with E-state index in [1.807, 2.05) is 37.4 Å². The third-order valence-corrected chi connectivity index (χ3v) is 6.21. The van der Waals surface area contributed by atoms with Crippen molar-refractivity contribution in [2.75, 3.05) is 28.7 Å². The molecule has 5 N–H and O–H groups in total. The van der Waals surface area contributed by atoms with E-state index < -0.39 is 0 Å². The first-order valence-corrected chi connectivity index (χ1v) is 11.0. The summed E-state index contributed by atoms with van der Waals surface area (Å²) >= 11 is 1.67. The average Bonchev–Trinajstić information content (AvgIpc) is 3.20. The Balaban J connectivity index is 1.40. The van der Waals surface area contributed by atoms with Gasteiger partial charge in [-0.1, -0.05) is 24.3 Å². The maximum atomic E-state index is 12.5. The Labute approximate surface area is 190 Å². The van der Waals surface area contributed by atoms with E-state index in [1.54, 1.807) is 41.8 Å².